The van der Waals surface area contributed by atoms with Crippen molar-refractivity contribution in [1.29, 1.82) is 0 Å². The maximum Gasteiger partial charge on any atom is 0.128 e. The summed E-state index contributed by atoms with van der Waals surface area (Å²) in [5, 5.41) is 3.70. The summed E-state index contributed by atoms with van der Waals surface area (Å²) in [6, 6.07) is 5.82. The molecule has 1 aliphatic carbocycles. The summed E-state index contributed by atoms with van der Waals surface area (Å²) in [5.41, 5.74) is 0.998. The van der Waals surface area contributed by atoms with E-state index in [1.807, 2.05) is 12.1 Å². The zero-order valence-corrected chi connectivity index (χ0v) is 13.7. The fourth-order valence-corrected chi connectivity index (χ4v) is 3.55. The first-order chi connectivity index (χ1) is 9.48. The first kappa shape index (κ1) is 14.5. The minimum atomic E-state index is -0.113. The molecule has 1 heterocycles. The molecule has 0 spiro atoms. The molecular formula is C16H22BrFN2. The molecule has 0 bridgehead atoms. The van der Waals surface area contributed by atoms with E-state index < -0.39 is 0 Å². The Bertz CT molecular complexity index is 503. The fourth-order valence-electron chi connectivity index (χ4n) is 3.22. The topological polar surface area (TPSA) is 15.3 Å². The van der Waals surface area contributed by atoms with Crippen LogP contribution < -0.4 is 5.32 Å². The summed E-state index contributed by atoms with van der Waals surface area (Å²) in [6.07, 6.45) is 2.66. The lowest BCUT2D eigenvalue weighted by molar-refractivity contribution is 0.0761. The second kappa shape index (κ2) is 5.39. The van der Waals surface area contributed by atoms with E-state index in [2.05, 4.69) is 40.0 Å². The van der Waals surface area contributed by atoms with Crippen LogP contribution in [0.4, 0.5) is 4.39 Å². The lowest BCUT2D eigenvalue weighted by atomic mass is 9.91. The molecule has 0 radical (unpaired) electrons. The van der Waals surface area contributed by atoms with E-state index in [0.29, 0.717) is 12.6 Å². The van der Waals surface area contributed by atoms with Gasteiger partial charge in [0.2, 0.25) is 0 Å². The molecule has 1 aromatic carbocycles. The van der Waals surface area contributed by atoms with Crippen LogP contribution >= 0.6 is 15.9 Å². The summed E-state index contributed by atoms with van der Waals surface area (Å²) in [4.78, 5) is 2.42. The van der Waals surface area contributed by atoms with Gasteiger partial charge in [0, 0.05) is 41.3 Å². The third-order valence-corrected chi connectivity index (χ3v) is 5.32. The van der Waals surface area contributed by atoms with Crippen molar-refractivity contribution in [3.63, 3.8) is 0 Å². The third-order valence-electron chi connectivity index (χ3n) is 4.82. The number of halogens is 2. The molecule has 1 aromatic rings. The highest BCUT2D eigenvalue weighted by Crippen LogP contribution is 2.41. The zero-order chi connectivity index (χ0) is 14.3. The molecule has 1 saturated carbocycles. The van der Waals surface area contributed by atoms with Crippen molar-refractivity contribution in [2.45, 2.75) is 44.8 Å². The van der Waals surface area contributed by atoms with Crippen LogP contribution in [-0.4, -0.2) is 29.6 Å². The predicted molar refractivity (Wildman–Crippen MR) is 83.1 cm³/mol. The Labute approximate surface area is 128 Å². The number of hydrogen-bond donors (Lipinski definition) is 1. The Morgan fingerprint density at radius 2 is 2.20 bits per heavy atom. The molecule has 2 fully saturated rings. The van der Waals surface area contributed by atoms with Gasteiger partial charge in [-0.25, -0.2) is 4.39 Å². The van der Waals surface area contributed by atoms with Gasteiger partial charge in [-0.3, -0.25) is 4.90 Å². The maximum absolute atomic E-state index is 14.0. The highest BCUT2D eigenvalue weighted by molar-refractivity contribution is 9.10. The van der Waals surface area contributed by atoms with E-state index in [1.54, 1.807) is 6.07 Å². The maximum atomic E-state index is 14.0. The molecule has 0 amide bonds. The van der Waals surface area contributed by atoms with Gasteiger partial charge in [0.05, 0.1) is 0 Å². The smallest absolute Gasteiger partial charge is 0.128 e. The fraction of sp³-hybridized carbons (Fsp3) is 0.625. The Morgan fingerprint density at radius 3 is 2.85 bits per heavy atom. The first-order valence-electron chi connectivity index (χ1n) is 7.41. The van der Waals surface area contributed by atoms with E-state index in [1.165, 1.54) is 12.8 Å². The summed E-state index contributed by atoms with van der Waals surface area (Å²) in [6.45, 7) is 7.24. The van der Waals surface area contributed by atoms with Crippen molar-refractivity contribution in [1.82, 2.24) is 10.2 Å². The van der Waals surface area contributed by atoms with Crippen LogP contribution in [0.5, 0.6) is 0 Å². The molecule has 110 valence electrons. The summed E-state index contributed by atoms with van der Waals surface area (Å²) in [5.74, 6) is 0.686. The molecule has 0 aromatic heterocycles. The number of hydrogen-bond acceptors (Lipinski definition) is 2. The van der Waals surface area contributed by atoms with Crippen molar-refractivity contribution >= 4 is 15.9 Å². The van der Waals surface area contributed by atoms with Crippen molar-refractivity contribution < 1.29 is 4.39 Å². The van der Waals surface area contributed by atoms with E-state index in [4.69, 9.17) is 0 Å². The SMILES string of the molecule is CC1CNC(C)(C2CC2)CN1Cc1ccc(Br)cc1F. The highest BCUT2D eigenvalue weighted by Gasteiger charge is 2.45. The Kier molecular flexibility index (Phi) is 3.91. The molecule has 1 aliphatic heterocycles. The quantitative estimate of drug-likeness (QED) is 0.905. The Balaban J connectivity index is 1.74. The molecule has 2 nitrogen and oxygen atoms in total. The second-order valence-corrected chi connectivity index (χ2v) is 7.48. The minimum absolute atomic E-state index is 0.113. The van der Waals surface area contributed by atoms with Crippen LogP contribution in [0.15, 0.2) is 22.7 Å². The number of nitrogens with zero attached hydrogens (tertiary/aromatic N) is 1. The standard InChI is InChI=1S/C16H22BrFN2/c1-11-8-19-16(2,13-4-5-13)10-20(11)9-12-3-6-14(17)7-15(12)18/h3,6-7,11,13,19H,4-5,8-10H2,1-2H3. The third kappa shape index (κ3) is 2.92. The Hall–Kier alpha value is -0.450. The summed E-state index contributed by atoms with van der Waals surface area (Å²) >= 11 is 3.32. The van der Waals surface area contributed by atoms with Crippen LogP contribution in [0.1, 0.15) is 32.3 Å². The molecular weight excluding hydrogens is 319 g/mol. The molecule has 2 unspecified atom stereocenters. The number of piperazine rings is 1. The summed E-state index contributed by atoms with van der Waals surface area (Å²) < 4.78 is 14.8. The van der Waals surface area contributed by atoms with E-state index in [0.717, 1.165) is 29.0 Å². The van der Waals surface area contributed by atoms with Crippen LogP contribution in [0.25, 0.3) is 0 Å². The van der Waals surface area contributed by atoms with Gasteiger partial charge in [-0.1, -0.05) is 22.0 Å². The van der Waals surface area contributed by atoms with Gasteiger partial charge in [0.15, 0.2) is 0 Å². The zero-order valence-electron chi connectivity index (χ0n) is 12.1. The van der Waals surface area contributed by atoms with Gasteiger partial charge in [-0.05, 0) is 44.7 Å². The Morgan fingerprint density at radius 1 is 1.45 bits per heavy atom. The highest BCUT2D eigenvalue weighted by atomic mass is 79.9. The summed E-state index contributed by atoms with van der Waals surface area (Å²) in [7, 11) is 0. The molecule has 20 heavy (non-hydrogen) atoms. The number of rotatable bonds is 3. The monoisotopic (exact) mass is 340 g/mol. The van der Waals surface area contributed by atoms with Crippen LogP contribution in [0.3, 0.4) is 0 Å². The van der Waals surface area contributed by atoms with Crippen molar-refractivity contribution in [3.05, 3.63) is 34.1 Å². The van der Waals surface area contributed by atoms with Gasteiger partial charge in [0.1, 0.15) is 5.82 Å². The van der Waals surface area contributed by atoms with Gasteiger partial charge in [-0.2, -0.15) is 0 Å². The first-order valence-corrected chi connectivity index (χ1v) is 8.20. The number of benzene rings is 1. The molecule has 2 atom stereocenters. The average Bonchev–Trinajstić information content (AvgIpc) is 3.22. The molecule has 4 heteroatoms. The molecule has 2 aliphatic rings. The van der Waals surface area contributed by atoms with Crippen LogP contribution in [0, 0.1) is 11.7 Å². The van der Waals surface area contributed by atoms with E-state index in [-0.39, 0.29) is 11.4 Å². The van der Waals surface area contributed by atoms with Crippen LogP contribution in [-0.2, 0) is 6.54 Å². The lowest BCUT2D eigenvalue weighted by Gasteiger charge is -2.45. The van der Waals surface area contributed by atoms with Gasteiger partial charge in [0.25, 0.3) is 0 Å². The second-order valence-electron chi connectivity index (χ2n) is 6.56. The molecule has 1 N–H and O–H groups in total. The van der Waals surface area contributed by atoms with Crippen LogP contribution in [0.2, 0.25) is 0 Å². The average molecular weight is 341 g/mol. The van der Waals surface area contributed by atoms with E-state index in [9.17, 15) is 4.39 Å². The molecule has 1 saturated heterocycles. The lowest BCUT2D eigenvalue weighted by Crippen LogP contribution is -2.62. The van der Waals surface area contributed by atoms with Gasteiger partial charge in [-0.15, -0.1) is 0 Å². The normalized spacial score (nSPS) is 31.5. The number of nitrogens with one attached hydrogen (secondary N) is 1. The van der Waals surface area contributed by atoms with Gasteiger partial charge < -0.3 is 5.32 Å². The van der Waals surface area contributed by atoms with Crippen molar-refractivity contribution in [3.8, 4) is 0 Å². The van der Waals surface area contributed by atoms with Crippen molar-refractivity contribution in [2.24, 2.45) is 5.92 Å². The van der Waals surface area contributed by atoms with Crippen molar-refractivity contribution in [2.75, 3.05) is 13.1 Å². The van der Waals surface area contributed by atoms with Gasteiger partial charge >= 0.3 is 0 Å². The predicted octanol–water partition coefficient (Wildman–Crippen LogP) is 3.55. The largest absolute Gasteiger partial charge is 0.308 e. The molecule has 3 rings (SSSR count). The van der Waals surface area contributed by atoms with E-state index >= 15 is 0 Å². The minimum Gasteiger partial charge on any atom is -0.308 e.